The van der Waals surface area contributed by atoms with Crippen molar-refractivity contribution >= 4 is 11.9 Å². The van der Waals surface area contributed by atoms with E-state index in [1.165, 1.54) is 33.4 Å². The summed E-state index contributed by atoms with van der Waals surface area (Å²) in [4.78, 5) is 22.2. The second-order valence-electron chi connectivity index (χ2n) is 10.5. The van der Waals surface area contributed by atoms with Crippen molar-refractivity contribution in [2.75, 3.05) is 26.4 Å². The van der Waals surface area contributed by atoms with Crippen molar-refractivity contribution in [3.05, 3.63) is 121 Å². The minimum absolute atomic E-state index is 0.274. The van der Waals surface area contributed by atoms with Crippen LogP contribution in [0.2, 0.25) is 0 Å². The van der Waals surface area contributed by atoms with Crippen LogP contribution in [0.15, 0.2) is 110 Å². The second-order valence-corrected chi connectivity index (χ2v) is 10.5. The molecule has 0 bridgehead atoms. The van der Waals surface area contributed by atoms with E-state index in [-0.39, 0.29) is 5.92 Å². The topological polar surface area (TPSA) is 71.1 Å². The molecule has 0 unspecified atom stereocenters. The summed E-state index contributed by atoms with van der Waals surface area (Å²) in [7, 11) is 0. The summed E-state index contributed by atoms with van der Waals surface area (Å²) in [6, 6.07) is 29.6. The van der Waals surface area contributed by atoms with Crippen LogP contribution in [0.5, 0.6) is 11.5 Å². The molecule has 0 saturated carbocycles. The van der Waals surface area contributed by atoms with Crippen LogP contribution in [0, 0.1) is 0 Å². The minimum Gasteiger partial charge on any atom is -0.493 e. The van der Waals surface area contributed by atoms with E-state index in [0.717, 1.165) is 34.8 Å². The molecule has 44 heavy (non-hydrogen) atoms. The van der Waals surface area contributed by atoms with Crippen molar-refractivity contribution in [1.82, 2.24) is 0 Å². The Morgan fingerprint density at radius 1 is 0.591 bits per heavy atom. The van der Waals surface area contributed by atoms with Gasteiger partial charge in [0.05, 0.1) is 26.4 Å². The van der Waals surface area contributed by atoms with Gasteiger partial charge in [-0.2, -0.15) is 0 Å². The van der Waals surface area contributed by atoms with E-state index in [9.17, 15) is 9.59 Å². The first-order valence-electron chi connectivity index (χ1n) is 14.8. The van der Waals surface area contributed by atoms with Gasteiger partial charge in [0.1, 0.15) is 11.5 Å². The summed E-state index contributed by atoms with van der Waals surface area (Å²) in [6.45, 7) is 10.6. The zero-order valence-corrected chi connectivity index (χ0v) is 24.9. The molecule has 0 amide bonds. The Morgan fingerprint density at radius 3 is 1.36 bits per heavy atom. The fourth-order valence-corrected chi connectivity index (χ4v) is 5.31. The molecule has 0 heterocycles. The summed E-state index contributed by atoms with van der Waals surface area (Å²) < 4.78 is 21.5. The Morgan fingerprint density at radius 2 is 0.977 bits per heavy atom. The molecule has 5 rings (SSSR count). The fourth-order valence-electron chi connectivity index (χ4n) is 5.31. The van der Waals surface area contributed by atoms with Crippen LogP contribution < -0.4 is 9.47 Å². The van der Waals surface area contributed by atoms with Crippen LogP contribution in [0.1, 0.15) is 36.8 Å². The molecule has 224 valence electrons. The van der Waals surface area contributed by atoms with Crippen LogP contribution in [-0.4, -0.2) is 38.4 Å². The molecule has 1 aliphatic rings. The maximum absolute atomic E-state index is 11.1. The molecule has 0 aliphatic heterocycles. The Kier molecular flexibility index (Phi) is 9.92. The fraction of sp³-hybridized carbons (Fsp3) is 0.211. The average Bonchev–Trinajstić information content (AvgIpc) is 3.34. The van der Waals surface area contributed by atoms with Crippen LogP contribution in [0.3, 0.4) is 0 Å². The largest absolute Gasteiger partial charge is 0.493 e. The Balaban J connectivity index is 1.20. The molecule has 0 saturated heterocycles. The number of rotatable bonds is 14. The molecule has 0 fully saturated rings. The van der Waals surface area contributed by atoms with E-state index in [1.807, 2.05) is 24.3 Å². The van der Waals surface area contributed by atoms with E-state index in [2.05, 4.69) is 80.7 Å². The van der Waals surface area contributed by atoms with E-state index in [1.54, 1.807) is 0 Å². The predicted molar refractivity (Wildman–Crippen MR) is 173 cm³/mol. The maximum atomic E-state index is 11.1. The van der Waals surface area contributed by atoms with Crippen molar-refractivity contribution in [3.8, 4) is 44.9 Å². The predicted octanol–water partition coefficient (Wildman–Crippen LogP) is 8.15. The van der Waals surface area contributed by atoms with Crippen molar-refractivity contribution < 1.29 is 28.5 Å². The van der Waals surface area contributed by atoms with Gasteiger partial charge in [0.25, 0.3) is 0 Å². The van der Waals surface area contributed by atoms with Crippen LogP contribution in [-0.2, 0) is 19.1 Å². The first kappa shape index (κ1) is 30.4. The second kappa shape index (κ2) is 14.4. The lowest BCUT2D eigenvalue weighted by Crippen LogP contribution is -2.06. The molecular weight excluding hydrogens is 552 g/mol. The highest BCUT2D eigenvalue weighted by atomic mass is 16.5. The van der Waals surface area contributed by atoms with E-state index >= 15 is 0 Å². The number of fused-ring (bicyclic) bond motifs is 3. The van der Waals surface area contributed by atoms with Crippen molar-refractivity contribution in [1.29, 1.82) is 0 Å². The van der Waals surface area contributed by atoms with E-state index in [0.29, 0.717) is 39.3 Å². The molecule has 6 nitrogen and oxygen atoms in total. The highest BCUT2D eigenvalue weighted by molar-refractivity contribution is 5.84. The third-order valence-corrected chi connectivity index (χ3v) is 7.64. The summed E-state index contributed by atoms with van der Waals surface area (Å²) in [6.07, 6.45) is 3.55. The number of carbonyl (C=O) groups excluding carboxylic acids is 2. The highest BCUT2D eigenvalue weighted by Gasteiger charge is 2.26. The number of hydrogen-bond acceptors (Lipinski definition) is 6. The summed E-state index contributed by atoms with van der Waals surface area (Å²) in [5.74, 6) is 1.00. The number of hydrogen-bond donors (Lipinski definition) is 0. The lowest BCUT2D eigenvalue weighted by Gasteiger charge is -2.11. The van der Waals surface area contributed by atoms with Crippen molar-refractivity contribution in [3.63, 3.8) is 0 Å². The number of carbonyl (C=O) groups is 2. The molecule has 0 spiro atoms. The standard InChI is InChI=1S/C38H36O6/c1-4-37(39)43-22-6-20-41-31-14-8-27(9-15-31)29-12-18-33-34-19-13-30(25-36(34)26(3)35(33)24-29)28-10-16-32(17-11-28)42-21-7-23-44-38(40)5-2/h4-5,8-19,24-26H,1-2,6-7,20-23H2,3H3. The molecule has 0 radical (unpaired) electrons. The van der Waals surface area contributed by atoms with Gasteiger partial charge < -0.3 is 18.9 Å². The number of esters is 2. The Bertz CT molecular complexity index is 1510. The zero-order chi connectivity index (χ0) is 30.9. The van der Waals surface area contributed by atoms with E-state index in [4.69, 9.17) is 18.9 Å². The Labute approximate surface area is 258 Å². The highest BCUT2D eigenvalue weighted by Crippen LogP contribution is 2.47. The summed E-state index contributed by atoms with van der Waals surface area (Å²) >= 11 is 0. The van der Waals surface area contributed by atoms with Crippen molar-refractivity contribution in [2.45, 2.75) is 25.7 Å². The Hall–Kier alpha value is -5.10. The summed E-state index contributed by atoms with van der Waals surface area (Å²) in [5.41, 5.74) is 9.80. The van der Waals surface area contributed by atoms with Gasteiger partial charge >= 0.3 is 11.9 Å². The zero-order valence-electron chi connectivity index (χ0n) is 24.9. The lowest BCUT2D eigenvalue weighted by molar-refractivity contribution is -0.138. The normalized spacial score (nSPS) is 11.7. The average molecular weight is 589 g/mol. The van der Waals surface area contributed by atoms with Gasteiger partial charge in [-0.3, -0.25) is 0 Å². The van der Waals surface area contributed by atoms with Crippen molar-refractivity contribution in [2.24, 2.45) is 0 Å². The van der Waals surface area contributed by atoms with Gasteiger partial charge in [-0.15, -0.1) is 0 Å². The molecule has 0 atom stereocenters. The van der Waals surface area contributed by atoms with E-state index < -0.39 is 11.9 Å². The van der Waals surface area contributed by atoms with Gasteiger partial charge in [-0.1, -0.05) is 68.6 Å². The molecule has 0 aromatic heterocycles. The van der Waals surface area contributed by atoms with Gasteiger partial charge in [-0.05, 0) is 80.9 Å². The lowest BCUT2D eigenvalue weighted by atomic mass is 9.94. The first-order valence-corrected chi connectivity index (χ1v) is 14.8. The quantitative estimate of drug-likeness (QED) is 0.0841. The molecule has 1 aliphatic carbocycles. The number of ether oxygens (including phenoxy) is 4. The molecule has 0 N–H and O–H groups in total. The van der Waals surface area contributed by atoms with Gasteiger partial charge in [0.2, 0.25) is 0 Å². The SMILES string of the molecule is C=CC(=O)OCCCOc1ccc(-c2ccc3c(c2)C(C)c2cc(-c4ccc(OCCCOC(=O)C=C)cc4)ccc2-3)cc1. The third-order valence-electron chi connectivity index (χ3n) is 7.64. The molecule has 4 aromatic carbocycles. The van der Waals surface area contributed by atoms with Crippen LogP contribution in [0.25, 0.3) is 33.4 Å². The molecule has 6 heteroatoms. The molecular formula is C38H36O6. The number of benzene rings is 4. The first-order chi connectivity index (χ1) is 21.5. The third kappa shape index (κ3) is 7.27. The van der Waals surface area contributed by atoms with Gasteiger partial charge in [0.15, 0.2) is 0 Å². The van der Waals surface area contributed by atoms with Crippen LogP contribution in [0.4, 0.5) is 0 Å². The minimum atomic E-state index is -0.419. The van der Waals surface area contributed by atoms with Crippen LogP contribution >= 0.6 is 0 Å². The smallest absolute Gasteiger partial charge is 0.330 e. The van der Waals surface area contributed by atoms with Gasteiger partial charge in [0, 0.05) is 30.9 Å². The monoisotopic (exact) mass is 588 g/mol. The van der Waals surface area contributed by atoms with Gasteiger partial charge in [-0.25, -0.2) is 9.59 Å². The molecule has 4 aromatic rings. The summed E-state index contributed by atoms with van der Waals surface area (Å²) in [5, 5.41) is 0. The maximum Gasteiger partial charge on any atom is 0.330 e.